The molecule has 0 radical (unpaired) electrons. The number of anilines is 1. The highest BCUT2D eigenvalue weighted by Gasteiger charge is 2.18. The van der Waals surface area contributed by atoms with E-state index in [-0.39, 0.29) is 5.82 Å². The number of hydrogen-bond acceptors (Lipinski definition) is 5. The van der Waals surface area contributed by atoms with Crippen molar-refractivity contribution in [3.05, 3.63) is 39.8 Å². The molecule has 2 N–H and O–H groups in total. The fourth-order valence-electron chi connectivity index (χ4n) is 1.74. The Bertz CT molecular complexity index is 723. The zero-order valence-electron chi connectivity index (χ0n) is 11.9. The summed E-state index contributed by atoms with van der Waals surface area (Å²) >= 11 is 11.9. The molecule has 0 saturated carbocycles. The number of aromatic nitrogens is 2. The molecule has 2 rings (SSSR count). The Morgan fingerprint density at radius 3 is 2.68 bits per heavy atom. The number of halogens is 2. The van der Waals surface area contributed by atoms with Crippen molar-refractivity contribution in [1.82, 2.24) is 9.97 Å². The smallest absolute Gasteiger partial charge is 0.374 e. The van der Waals surface area contributed by atoms with E-state index >= 15 is 0 Å². The fraction of sp³-hybridized carbons (Fsp3) is 0.214. The van der Waals surface area contributed by atoms with Crippen LogP contribution in [-0.4, -0.2) is 27.6 Å². The van der Waals surface area contributed by atoms with Gasteiger partial charge in [-0.15, -0.1) is 0 Å². The number of nitrogens with one attached hydrogen (secondary N) is 1. The molecule has 0 aliphatic heterocycles. The molecule has 0 saturated heterocycles. The molecule has 0 amide bonds. The van der Waals surface area contributed by atoms with E-state index in [0.717, 1.165) is 0 Å². The van der Waals surface area contributed by atoms with E-state index in [1.807, 2.05) is 6.92 Å². The van der Waals surface area contributed by atoms with Gasteiger partial charge < -0.3 is 15.2 Å². The third-order valence-corrected chi connectivity index (χ3v) is 3.21. The molecular weight excluding hydrogens is 329 g/mol. The minimum Gasteiger partial charge on any atom is -0.475 e. The van der Waals surface area contributed by atoms with Gasteiger partial charge in [0.05, 0.1) is 10.7 Å². The first kappa shape index (κ1) is 16.3. The third-order valence-electron chi connectivity index (χ3n) is 2.68. The van der Waals surface area contributed by atoms with E-state index in [1.54, 1.807) is 25.1 Å². The van der Waals surface area contributed by atoms with Crippen LogP contribution in [-0.2, 0) is 0 Å². The first-order valence-corrected chi connectivity index (χ1v) is 7.16. The maximum Gasteiger partial charge on any atom is 0.374 e. The minimum absolute atomic E-state index is 0.290. The monoisotopic (exact) mass is 341 g/mol. The summed E-state index contributed by atoms with van der Waals surface area (Å²) in [4.78, 5) is 18.9. The Balaban J connectivity index is 2.47. The van der Waals surface area contributed by atoms with E-state index in [2.05, 4.69) is 15.3 Å². The van der Waals surface area contributed by atoms with Crippen molar-refractivity contribution in [2.75, 3.05) is 11.9 Å². The van der Waals surface area contributed by atoms with Crippen LogP contribution in [0.3, 0.4) is 0 Å². The first-order chi connectivity index (χ1) is 10.4. The lowest BCUT2D eigenvalue weighted by Crippen LogP contribution is -2.11. The molecule has 0 atom stereocenters. The standard InChI is InChI=1S/C14H13Cl2N3O3/c1-3-17-12-11(7(2)18-13(19-12)14(20)21)22-10-5-4-8(15)6-9(10)16/h4-6H,3H2,1-2H3,(H,20,21)(H,17,18,19). The van der Waals surface area contributed by atoms with Gasteiger partial charge in [-0.1, -0.05) is 23.2 Å². The van der Waals surface area contributed by atoms with Crippen LogP contribution in [0.25, 0.3) is 0 Å². The van der Waals surface area contributed by atoms with Gasteiger partial charge in [0.1, 0.15) is 5.75 Å². The molecule has 116 valence electrons. The number of hydrogen-bond donors (Lipinski definition) is 2. The molecular formula is C14H13Cl2N3O3. The molecule has 0 fully saturated rings. The Labute approximate surface area is 137 Å². The Morgan fingerprint density at radius 1 is 1.36 bits per heavy atom. The second-order valence-electron chi connectivity index (χ2n) is 4.32. The van der Waals surface area contributed by atoms with Crippen molar-refractivity contribution >= 4 is 35.0 Å². The summed E-state index contributed by atoms with van der Waals surface area (Å²) in [5.74, 6) is -0.532. The van der Waals surface area contributed by atoms with Crippen LogP contribution in [0.1, 0.15) is 23.2 Å². The topological polar surface area (TPSA) is 84.3 Å². The average Bonchev–Trinajstić information content (AvgIpc) is 2.44. The lowest BCUT2D eigenvalue weighted by molar-refractivity contribution is 0.0683. The van der Waals surface area contributed by atoms with Crippen molar-refractivity contribution in [3.8, 4) is 11.5 Å². The van der Waals surface area contributed by atoms with Crippen molar-refractivity contribution in [1.29, 1.82) is 0 Å². The Hall–Kier alpha value is -2.05. The summed E-state index contributed by atoms with van der Waals surface area (Å²) in [6.45, 7) is 4.03. The average molecular weight is 342 g/mol. The summed E-state index contributed by atoms with van der Waals surface area (Å²) in [5.41, 5.74) is 0.384. The van der Waals surface area contributed by atoms with Crippen LogP contribution in [0.4, 0.5) is 5.82 Å². The zero-order valence-corrected chi connectivity index (χ0v) is 13.4. The Morgan fingerprint density at radius 2 is 2.09 bits per heavy atom. The van der Waals surface area contributed by atoms with Gasteiger partial charge in [0, 0.05) is 11.6 Å². The summed E-state index contributed by atoms with van der Waals surface area (Å²) in [7, 11) is 0. The summed E-state index contributed by atoms with van der Waals surface area (Å²) < 4.78 is 5.74. The fourth-order valence-corrected chi connectivity index (χ4v) is 2.18. The van der Waals surface area contributed by atoms with Crippen LogP contribution >= 0.6 is 23.2 Å². The number of rotatable bonds is 5. The lowest BCUT2D eigenvalue weighted by atomic mass is 10.3. The van der Waals surface area contributed by atoms with E-state index in [4.69, 9.17) is 33.0 Å². The van der Waals surface area contributed by atoms with E-state index < -0.39 is 5.97 Å². The number of carboxylic acids is 1. The van der Waals surface area contributed by atoms with Crippen molar-refractivity contribution < 1.29 is 14.6 Å². The van der Waals surface area contributed by atoms with Crippen LogP contribution < -0.4 is 10.1 Å². The quantitative estimate of drug-likeness (QED) is 0.854. The SMILES string of the molecule is CCNc1nc(C(=O)O)nc(C)c1Oc1ccc(Cl)cc1Cl. The van der Waals surface area contributed by atoms with Crippen LogP contribution in [0, 0.1) is 6.92 Å². The maximum atomic E-state index is 11.0. The van der Waals surface area contributed by atoms with E-state index in [9.17, 15) is 4.79 Å². The molecule has 2 aromatic rings. The highest BCUT2D eigenvalue weighted by molar-refractivity contribution is 6.35. The second kappa shape index (κ2) is 6.81. The van der Waals surface area contributed by atoms with Crippen molar-refractivity contribution in [2.24, 2.45) is 0 Å². The maximum absolute atomic E-state index is 11.0. The second-order valence-corrected chi connectivity index (χ2v) is 5.17. The number of ether oxygens (including phenoxy) is 1. The summed E-state index contributed by atoms with van der Waals surface area (Å²) in [5, 5.41) is 12.8. The first-order valence-electron chi connectivity index (χ1n) is 6.41. The predicted octanol–water partition coefficient (Wildman–Crippen LogP) is 4.01. The zero-order chi connectivity index (χ0) is 16.3. The molecule has 0 aliphatic carbocycles. The van der Waals surface area contributed by atoms with Gasteiger partial charge >= 0.3 is 5.97 Å². The number of carboxylic acid groups (broad SMARTS) is 1. The highest BCUT2D eigenvalue weighted by Crippen LogP contribution is 2.35. The van der Waals surface area contributed by atoms with Gasteiger partial charge in [-0.2, -0.15) is 0 Å². The molecule has 1 aromatic carbocycles. The lowest BCUT2D eigenvalue weighted by Gasteiger charge is -2.14. The molecule has 1 heterocycles. The van der Waals surface area contributed by atoms with Crippen LogP contribution in [0.5, 0.6) is 11.5 Å². The Kier molecular flexibility index (Phi) is 5.05. The summed E-state index contributed by atoms with van der Waals surface area (Å²) in [6.07, 6.45) is 0. The van der Waals surface area contributed by atoms with Gasteiger partial charge in [0.2, 0.25) is 5.82 Å². The van der Waals surface area contributed by atoms with E-state index in [0.29, 0.717) is 39.6 Å². The molecule has 0 bridgehead atoms. The molecule has 22 heavy (non-hydrogen) atoms. The van der Waals surface area contributed by atoms with Crippen LogP contribution in [0.2, 0.25) is 10.0 Å². The number of benzene rings is 1. The van der Waals surface area contributed by atoms with Gasteiger partial charge in [-0.05, 0) is 32.0 Å². The third kappa shape index (κ3) is 3.58. The van der Waals surface area contributed by atoms with Crippen molar-refractivity contribution in [3.63, 3.8) is 0 Å². The van der Waals surface area contributed by atoms with Gasteiger partial charge in [-0.25, -0.2) is 14.8 Å². The van der Waals surface area contributed by atoms with E-state index in [1.165, 1.54) is 0 Å². The van der Waals surface area contributed by atoms with Gasteiger partial charge in [0.15, 0.2) is 11.6 Å². The van der Waals surface area contributed by atoms with Gasteiger partial charge in [0.25, 0.3) is 0 Å². The molecule has 0 unspecified atom stereocenters. The molecule has 1 aromatic heterocycles. The minimum atomic E-state index is -1.21. The number of carbonyl (C=O) groups is 1. The number of aryl methyl sites for hydroxylation is 1. The molecule has 8 heteroatoms. The molecule has 6 nitrogen and oxygen atoms in total. The van der Waals surface area contributed by atoms with Crippen molar-refractivity contribution in [2.45, 2.75) is 13.8 Å². The molecule has 0 spiro atoms. The molecule has 0 aliphatic rings. The normalized spacial score (nSPS) is 10.4. The summed E-state index contributed by atoms with van der Waals surface area (Å²) in [6, 6.07) is 4.80. The highest BCUT2D eigenvalue weighted by atomic mass is 35.5. The van der Waals surface area contributed by atoms with Gasteiger partial charge in [-0.3, -0.25) is 0 Å². The largest absolute Gasteiger partial charge is 0.475 e. The van der Waals surface area contributed by atoms with Crippen LogP contribution in [0.15, 0.2) is 18.2 Å². The number of nitrogens with zero attached hydrogens (tertiary/aromatic N) is 2. The predicted molar refractivity (Wildman–Crippen MR) is 84.4 cm³/mol. The number of aromatic carboxylic acids is 1.